The molecule has 0 aliphatic heterocycles. The van der Waals surface area contributed by atoms with Crippen LogP contribution in [-0.4, -0.2) is 12.9 Å². The Bertz CT molecular complexity index is 827. The number of halogens is 3. The molecule has 0 amide bonds. The molecule has 1 aliphatic rings. The fourth-order valence-electron chi connectivity index (χ4n) is 3.46. The molecular formula is C17H19F3N2OSi. The van der Waals surface area contributed by atoms with E-state index in [2.05, 4.69) is 0 Å². The van der Waals surface area contributed by atoms with Crippen molar-refractivity contribution in [3.8, 4) is 6.07 Å². The van der Waals surface area contributed by atoms with Crippen LogP contribution in [0.2, 0.25) is 19.6 Å². The Morgan fingerprint density at radius 2 is 2.00 bits per heavy atom. The fraction of sp³-hybridized carbons (Fsp3) is 0.471. The van der Waals surface area contributed by atoms with Crippen molar-refractivity contribution in [2.45, 2.75) is 51.3 Å². The molecule has 24 heavy (non-hydrogen) atoms. The van der Waals surface area contributed by atoms with Crippen molar-refractivity contribution < 1.29 is 17.6 Å². The molecule has 2 aromatic rings. The molecule has 1 aromatic heterocycles. The highest BCUT2D eigenvalue weighted by Crippen LogP contribution is 2.44. The summed E-state index contributed by atoms with van der Waals surface area (Å²) in [5.74, 6) is 0. The highest BCUT2D eigenvalue weighted by atomic mass is 28.4. The molecule has 3 nitrogen and oxygen atoms in total. The van der Waals surface area contributed by atoms with Gasteiger partial charge in [0.2, 0.25) is 0 Å². The third-order valence-electron chi connectivity index (χ3n) is 4.19. The number of fused-ring (bicyclic) bond motifs is 3. The average molecular weight is 352 g/mol. The minimum Gasteiger partial charge on any atom is -0.409 e. The second-order valence-corrected chi connectivity index (χ2v) is 11.6. The molecule has 1 aliphatic carbocycles. The summed E-state index contributed by atoms with van der Waals surface area (Å²) in [6.07, 6.45) is -3.10. The van der Waals surface area contributed by atoms with Crippen LogP contribution in [0.4, 0.5) is 13.2 Å². The molecule has 1 heterocycles. The highest BCUT2D eigenvalue weighted by Gasteiger charge is 2.41. The zero-order valence-corrected chi connectivity index (χ0v) is 14.9. The van der Waals surface area contributed by atoms with Gasteiger partial charge >= 0.3 is 6.30 Å². The molecule has 1 aromatic carbocycles. The maximum Gasteiger partial charge on any atom is 0.489 e. The minimum atomic E-state index is -4.52. The van der Waals surface area contributed by atoms with Gasteiger partial charge in [-0.25, -0.2) is 0 Å². The number of aromatic nitrogens is 1. The van der Waals surface area contributed by atoms with Crippen LogP contribution >= 0.6 is 0 Å². The van der Waals surface area contributed by atoms with Gasteiger partial charge in [-0.3, -0.25) is 4.57 Å². The first kappa shape index (κ1) is 17.1. The highest BCUT2D eigenvalue weighted by molar-refractivity contribution is 6.69. The Morgan fingerprint density at radius 3 is 2.58 bits per heavy atom. The predicted octanol–water partition coefficient (Wildman–Crippen LogP) is 5.22. The van der Waals surface area contributed by atoms with Crippen molar-refractivity contribution in [2.75, 3.05) is 0 Å². The van der Waals surface area contributed by atoms with Crippen LogP contribution in [0.15, 0.2) is 18.2 Å². The van der Waals surface area contributed by atoms with Gasteiger partial charge < -0.3 is 4.43 Å². The second kappa shape index (κ2) is 5.64. The number of alkyl halides is 3. The first-order chi connectivity index (χ1) is 11.1. The predicted molar refractivity (Wildman–Crippen MR) is 88.1 cm³/mol. The molecule has 0 spiro atoms. The summed E-state index contributed by atoms with van der Waals surface area (Å²) in [6, 6.07) is 6.40. The summed E-state index contributed by atoms with van der Waals surface area (Å²) in [7, 11) is -1.99. The molecule has 0 N–H and O–H groups in total. The standard InChI is InChI=1S/C17H19F3N2OSi/c1-24(2,3)23-15-6-4-5-12-13-9-11(10-21)7-8-14(13)22(16(12)15)17(18,19)20/h7-9,15H,4-6H2,1-3H3. The molecule has 0 bridgehead atoms. The lowest BCUT2D eigenvalue weighted by Gasteiger charge is -2.31. The molecule has 3 rings (SSSR count). The SMILES string of the molecule is C[Si](C)(C)OC1CCCc2c1n(C(F)(F)F)c1ccc(C#N)cc21. The lowest BCUT2D eigenvalue weighted by molar-refractivity contribution is -0.204. The third kappa shape index (κ3) is 2.96. The van der Waals surface area contributed by atoms with E-state index in [1.165, 1.54) is 12.1 Å². The lowest BCUT2D eigenvalue weighted by atomic mass is 9.93. The summed E-state index contributed by atoms with van der Waals surface area (Å²) in [5.41, 5.74) is 1.38. The van der Waals surface area contributed by atoms with Crippen LogP contribution in [0, 0.1) is 11.3 Å². The van der Waals surface area contributed by atoms with Crippen LogP contribution in [-0.2, 0) is 17.1 Å². The molecule has 0 saturated carbocycles. The molecule has 1 atom stereocenters. The Balaban J connectivity index is 2.30. The number of nitriles is 1. The topological polar surface area (TPSA) is 38.0 Å². The molecule has 0 fully saturated rings. The normalized spacial score (nSPS) is 18.5. The number of nitrogens with zero attached hydrogens (tertiary/aromatic N) is 2. The maximum absolute atomic E-state index is 13.8. The Morgan fingerprint density at radius 1 is 1.29 bits per heavy atom. The van der Waals surface area contributed by atoms with Gasteiger partial charge in [0.25, 0.3) is 0 Å². The largest absolute Gasteiger partial charge is 0.489 e. The van der Waals surface area contributed by atoms with Gasteiger partial charge in [-0.15, -0.1) is 13.2 Å². The molecule has 1 unspecified atom stereocenters. The van der Waals surface area contributed by atoms with E-state index in [1.54, 1.807) is 6.07 Å². The second-order valence-electron chi connectivity index (χ2n) is 7.12. The number of benzene rings is 1. The van der Waals surface area contributed by atoms with E-state index in [0.29, 0.717) is 33.9 Å². The van der Waals surface area contributed by atoms with E-state index in [1.807, 2.05) is 25.7 Å². The summed E-state index contributed by atoms with van der Waals surface area (Å²) in [4.78, 5) is 0. The van der Waals surface area contributed by atoms with Crippen LogP contribution in [0.1, 0.15) is 35.8 Å². The van der Waals surface area contributed by atoms with Crippen molar-refractivity contribution >= 4 is 19.2 Å². The van der Waals surface area contributed by atoms with Gasteiger partial charge in [0.1, 0.15) is 0 Å². The lowest BCUT2D eigenvalue weighted by Crippen LogP contribution is -2.32. The van der Waals surface area contributed by atoms with Crippen LogP contribution in [0.25, 0.3) is 10.9 Å². The summed E-state index contributed by atoms with van der Waals surface area (Å²) in [5, 5.41) is 9.59. The van der Waals surface area contributed by atoms with Gasteiger partial charge in [0.05, 0.1) is 28.9 Å². The smallest absolute Gasteiger partial charge is 0.409 e. The summed E-state index contributed by atoms with van der Waals surface area (Å²) in [6.45, 7) is 5.95. The molecule has 128 valence electrons. The van der Waals surface area contributed by atoms with E-state index in [4.69, 9.17) is 9.69 Å². The van der Waals surface area contributed by atoms with E-state index in [-0.39, 0.29) is 11.2 Å². The zero-order chi connectivity index (χ0) is 17.7. The third-order valence-corrected chi connectivity index (χ3v) is 5.18. The zero-order valence-electron chi connectivity index (χ0n) is 13.9. The van der Waals surface area contributed by atoms with Gasteiger partial charge in [-0.2, -0.15) is 5.26 Å². The van der Waals surface area contributed by atoms with Gasteiger partial charge in [-0.05, 0) is 62.7 Å². The molecule has 0 radical (unpaired) electrons. The quantitative estimate of drug-likeness (QED) is 0.695. The van der Waals surface area contributed by atoms with E-state index in [0.717, 1.165) is 6.42 Å². The Labute approximate surface area is 139 Å². The number of hydrogen-bond acceptors (Lipinski definition) is 2. The first-order valence-corrected chi connectivity index (χ1v) is 11.3. The van der Waals surface area contributed by atoms with Crippen molar-refractivity contribution in [3.63, 3.8) is 0 Å². The molecular weight excluding hydrogens is 333 g/mol. The maximum atomic E-state index is 13.8. The summed E-state index contributed by atoms with van der Waals surface area (Å²) < 4.78 is 47.9. The number of rotatable bonds is 2. The van der Waals surface area contributed by atoms with Crippen LogP contribution < -0.4 is 0 Å². The minimum absolute atomic E-state index is 0.109. The molecule has 0 saturated heterocycles. The average Bonchev–Trinajstić information content (AvgIpc) is 2.80. The van der Waals surface area contributed by atoms with Crippen molar-refractivity contribution in [2.24, 2.45) is 0 Å². The molecule has 7 heteroatoms. The fourth-order valence-corrected chi connectivity index (χ4v) is 4.54. The van der Waals surface area contributed by atoms with Crippen LogP contribution in [0.3, 0.4) is 0 Å². The van der Waals surface area contributed by atoms with Crippen molar-refractivity contribution in [3.05, 3.63) is 35.0 Å². The van der Waals surface area contributed by atoms with Crippen molar-refractivity contribution in [1.82, 2.24) is 4.57 Å². The first-order valence-electron chi connectivity index (χ1n) is 7.94. The van der Waals surface area contributed by atoms with E-state index < -0.39 is 20.7 Å². The monoisotopic (exact) mass is 352 g/mol. The Kier molecular flexibility index (Phi) is 4.01. The number of hydrogen-bond donors (Lipinski definition) is 0. The van der Waals surface area contributed by atoms with Gasteiger partial charge in [0.15, 0.2) is 8.32 Å². The summed E-state index contributed by atoms with van der Waals surface area (Å²) >= 11 is 0. The Hall–Kier alpha value is -1.78. The number of aryl methyl sites for hydroxylation is 1. The van der Waals surface area contributed by atoms with Crippen molar-refractivity contribution in [1.29, 1.82) is 5.26 Å². The van der Waals surface area contributed by atoms with Gasteiger partial charge in [-0.1, -0.05) is 0 Å². The van der Waals surface area contributed by atoms with E-state index >= 15 is 0 Å². The van der Waals surface area contributed by atoms with E-state index in [9.17, 15) is 13.2 Å². The van der Waals surface area contributed by atoms with Crippen LogP contribution in [0.5, 0.6) is 0 Å². The van der Waals surface area contributed by atoms with Gasteiger partial charge in [0, 0.05) is 5.39 Å².